The van der Waals surface area contributed by atoms with Gasteiger partial charge in [0.25, 0.3) is 0 Å². The molecule has 0 radical (unpaired) electrons. The highest BCUT2D eigenvalue weighted by molar-refractivity contribution is 4.82. The minimum atomic E-state index is 0. The van der Waals surface area contributed by atoms with Gasteiger partial charge in [-0.15, -0.1) is 6.58 Å². The number of aromatic amines is 1. The van der Waals surface area contributed by atoms with Crippen LogP contribution < -0.4 is 17.4 Å². The highest BCUT2D eigenvalue weighted by Crippen LogP contribution is 1.68. The minimum absolute atomic E-state index is 0. The molecule has 0 fully saturated rings. The molecule has 62 valence electrons. The predicted octanol–water partition coefficient (Wildman–Crippen LogP) is -0.913. The molecular formula is C9H14ClN. The van der Waals surface area contributed by atoms with E-state index in [0.717, 1.165) is 6.42 Å². The van der Waals surface area contributed by atoms with Crippen LogP contribution >= 0.6 is 0 Å². The average molecular weight is 172 g/mol. The number of allylic oxidation sites excluding steroid dienone is 1. The third kappa shape index (κ3) is 12.4. The third-order valence-corrected chi connectivity index (χ3v) is 0.896. The summed E-state index contributed by atoms with van der Waals surface area (Å²) in [6.07, 6.45) is 6.71. The first-order valence-electron chi connectivity index (χ1n) is 3.43. The largest absolute Gasteiger partial charge is 1.00 e. The molecule has 0 aromatic carbocycles. The Morgan fingerprint density at radius 1 is 1.27 bits per heavy atom. The van der Waals surface area contributed by atoms with Crippen LogP contribution in [0.3, 0.4) is 0 Å². The lowest BCUT2D eigenvalue weighted by molar-refractivity contribution is -0.377. The highest BCUT2D eigenvalue weighted by atomic mass is 35.5. The minimum Gasteiger partial charge on any atom is -1.00 e. The van der Waals surface area contributed by atoms with E-state index in [2.05, 4.69) is 18.5 Å². The number of pyridine rings is 1. The van der Waals surface area contributed by atoms with E-state index in [-0.39, 0.29) is 12.4 Å². The molecule has 0 amide bonds. The zero-order valence-corrected chi connectivity index (χ0v) is 7.51. The van der Waals surface area contributed by atoms with Gasteiger partial charge in [0.2, 0.25) is 0 Å². The third-order valence-electron chi connectivity index (χ3n) is 0.896. The standard InChI is InChI=1S/C5H5N.C4H8.ClH/c1-2-4-6-5-3-1;1-3-4-2;/h1-5H;3H,1,4H2,2H3;1H. The van der Waals surface area contributed by atoms with Crippen molar-refractivity contribution in [3.05, 3.63) is 43.2 Å². The summed E-state index contributed by atoms with van der Waals surface area (Å²) in [5, 5.41) is 0. The van der Waals surface area contributed by atoms with Gasteiger partial charge >= 0.3 is 0 Å². The van der Waals surface area contributed by atoms with E-state index in [1.165, 1.54) is 0 Å². The molecule has 0 aliphatic heterocycles. The van der Waals surface area contributed by atoms with Crippen molar-refractivity contribution in [2.75, 3.05) is 0 Å². The second kappa shape index (κ2) is 11.9. The summed E-state index contributed by atoms with van der Waals surface area (Å²) in [6, 6.07) is 5.86. The molecule has 11 heavy (non-hydrogen) atoms. The maximum absolute atomic E-state index is 3.48. The molecule has 0 bridgehead atoms. The quantitative estimate of drug-likeness (QED) is 0.486. The van der Waals surface area contributed by atoms with Crippen molar-refractivity contribution in [3.8, 4) is 0 Å². The zero-order valence-electron chi connectivity index (χ0n) is 6.76. The van der Waals surface area contributed by atoms with Crippen LogP contribution in [0, 0.1) is 0 Å². The Bertz CT molecular complexity index is 124. The number of hydrogen-bond acceptors (Lipinski definition) is 0. The first-order valence-corrected chi connectivity index (χ1v) is 3.43. The number of aromatic nitrogens is 1. The smallest absolute Gasteiger partial charge is 0.166 e. The Morgan fingerprint density at radius 2 is 1.73 bits per heavy atom. The highest BCUT2D eigenvalue weighted by Gasteiger charge is 1.65. The molecule has 0 spiro atoms. The molecule has 1 aromatic rings. The lowest BCUT2D eigenvalue weighted by atomic mass is 10.5. The Hall–Kier alpha value is -0.820. The summed E-state index contributed by atoms with van der Waals surface area (Å²) in [7, 11) is 0. The second-order valence-corrected chi connectivity index (χ2v) is 1.77. The Labute approximate surface area is 74.6 Å². The van der Waals surface area contributed by atoms with Gasteiger partial charge in [0.15, 0.2) is 12.4 Å². The van der Waals surface area contributed by atoms with Gasteiger partial charge in [-0.05, 0) is 6.42 Å². The average Bonchev–Trinajstić information content (AvgIpc) is 2.08. The monoisotopic (exact) mass is 171 g/mol. The fourth-order valence-corrected chi connectivity index (χ4v) is 0.342. The molecule has 0 atom stereocenters. The molecule has 1 N–H and O–H groups in total. The van der Waals surface area contributed by atoms with Gasteiger partial charge in [-0.1, -0.05) is 19.1 Å². The van der Waals surface area contributed by atoms with Crippen molar-refractivity contribution >= 4 is 0 Å². The van der Waals surface area contributed by atoms with Gasteiger partial charge in [-0.3, -0.25) is 0 Å². The van der Waals surface area contributed by atoms with Crippen molar-refractivity contribution in [3.63, 3.8) is 0 Å². The molecule has 0 aliphatic rings. The Morgan fingerprint density at radius 3 is 1.82 bits per heavy atom. The molecule has 0 saturated heterocycles. The Balaban J connectivity index is 0. The maximum atomic E-state index is 3.48. The van der Waals surface area contributed by atoms with E-state index in [9.17, 15) is 0 Å². The molecule has 1 aromatic heterocycles. The van der Waals surface area contributed by atoms with Gasteiger partial charge in [0.1, 0.15) is 0 Å². The first kappa shape index (κ1) is 12.8. The van der Waals surface area contributed by atoms with Crippen LogP contribution in [0.25, 0.3) is 0 Å². The maximum Gasteiger partial charge on any atom is 0.166 e. The predicted molar refractivity (Wildman–Crippen MR) is 43.5 cm³/mol. The van der Waals surface area contributed by atoms with Crippen LogP contribution in [-0.2, 0) is 0 Å². The molecule has 1 rings (SSSR count). The number of rotatable bonds is 1. The molecule has 0 saturated carbocycles. The fourth-order valence-electron chi connectivity index (χ4n) is 0.342. The Kier molecular flexibility index (Phi) is 13.9. The lowest BCUT2D eigenvalue weighted by Crippen LogP contribution is -3.00. The van der Waals surface area contributed by atoms with Crippen molar-refractivity contribution in [1.29, 1.82) is 0 Å². The second-order valence-electron chi connectivity index (χ2n) is 1.77. The van der Waals surface area contributed by atoms with Gasteiger partial charge in [0.05, 0.1) is 0 Å². The van der Waals surface area contributed by atoms with Crippen LogP contribution in [0.2, 0.25) is 0 Å². The van der Waals surface area contributed by atoms with Gasteiger partial charge in [0, 0.05) is 12.1 Å². The van der Waals surface area contributed by atoms with E-state index < -0.39 is 0 Å². The van der Waals surface area contributed by atoms with Crippen LogP contribution in [0.4, 0.5) is 0 Å². The molecular weight excluding hydrogens is 158 g/mol. The summed E-state index contributed by atoms with van der Waals surface area (Å²) < 4.78 is 0. The van der Waals surface area contributed by atoms with Gasteiger partial charge < -0.3 is 12.4 Å². The van der Waals surface area contributed by atoms with Crippen LogP contribution in [-0.4, -0.2) is 0 Å². The zero-order chi connectivity index (χ0) is 7.66. The van der Waals surface area contributed by atoms with Crippen LogP contribution in [0.1, 0.15) is 13.3 Å². The lowest BCUT2D eigenvalue weighted by Gasteiger charge is -1.63. The summed E-state index contributed by atoms with van der Waals surface area (Å²) in [5.74, 6) is 0. The van der Waals surface area contributed by atoms with Crippen molar-refractivity contribution in [2.24, 2.45) is 0 Å². The molecule has 0 unspecified atom stereocenters. The topological polar surface area (TPSA) is 14.1 Å². The summed E-state index contributed by atoms with van der Waals surface area (Å²) in [6.45, 7) is 5.54. The van der Waals surface area contributed by atoms with E-state index >= 15 is 0 Å². The van der Waals surface area contributed by atoms with Crippen molar-refractivity contribution in [1.82, 2.24) is 0 Å². The fraction of sp³-hybridized carbons (Fsp3) is 0.222. The summed E-state index contributed by atoms with van der Waals surface area (Å²) in [4.78, 5) is 2.89. The van der Waals surface area contributed by atoms with Gasteiger partial charge in [-0.25, -0.2) is 4.98 Å². The van der Waals surface area contributed by atoms with Crippen LogP contribution in [0.15, 0.2) is 43.2 Å². The van der Waals surface area contributed by atoms with Crippen molar-refractivity contribution in [2.45, 2.75) is 13.3 Å². The van der Waals surface area contributed by atoms with E-state index in [1.807, 2.05) is 36.7 Å². The first-order chi connectivity index (χ1) is 4.91. The number of H-pyrrole nitrogens is 1. The molecule has 1 heterocycles. The number of nitrogens with one attached hydrogen (secondary N) is 1. The van der Waals surface area contributed by atoms with E-state index in [1.54, 1.807) is 0 Å². The summed E-state index contributed by atoms with van der Waals surface area (Å²) >= 11 is 0. The normalized spacial score (nSPS) is 6.64. The summed E-state index contributed by atoms with van der Waals surface area (Å²) in [5.41, 5.74) is 0. The molecule has 2 heteroatoms. The SMILES string of the molecule is C=CCC.[Cl-].c1cc[nH+]cc1. The molecule has 1 nitrogen and oxygen atoms in total. The number of hydrogen-bond donors (Lipinski definition) is 0. The van der Waals surface area contributed by atoms with Gasteiger partial charge in [-0.2, -0.15) is 0 Å². The van der Waals surface area contributed by atoms with Crippen LogP contribution in [0.5, 0.6) is 0 Å². The van der Waals surface area contributed by atoms with E-state index in [4.69, 9.17) is 0 Å². The number of halogens is 1. The van der Waals surface area contributed by atoms with Crippen molar-refractivity contribution < 1.29 is 17.4 Å². The van der Waals surface area contributed by atoms with E-state index in [0.29, 0.717) is 0 Å². The molecule has 0 aliphatic carbocycles.